The molecule has 2 rings (SSSR count). The Balaban J connectivity index is 1.41. The van der Waals surface area contributed by atoms with Crippen LogP contribution in [0.5, 0.6) is 0 Å². The first-order valence-corrected chi connectivity index (χ1v) is 10.9. The van der Waals surface area contributed by atoms with Crippen LogP contribution in [0.25, 0.3) is 0 Å². The van der Waals surface area contributed by atoms with Crippen LogP contribution in [0.1, 0.15) is 29.2 Å². The molecule has 168 valence electrons. The first kappa shape index (κ1) is 24.6. The highest BCUT2D eigenvalue weighted by Crippen LogP contribution is 2.06. The average Bonchev–Trinajstić information content (AvgIpc) is 2.77. The van der Waals surface area contributed by atoms with E-state index in [1.165, 1.54) is 11.1 Å². The second kappa shape index (κ2) is 14.3. The Labute approximate surface area is 185 Å². The Morgan fingerprint density at radius 1 is 0.677 bits per heavy atom. The van der Waals surface area contributed by atoms with Crippen molar-refractivity contribution < 1.29 is 19.1 Å². The van der Waals surface area contributed by atoms with Gasteiger partial charge in [0.25, 0.3) is 0 Å². The van der Waals surface area contributed by atoms with E-state index in [2.05, 4.69) is 29.7 Å². The number of hydrogen-bond donors (Lipinski definition) is 2. The Hall–Kier alpha value is -2.70. The van der Waals surface area contributed by atoms with Gasteiger partial charge in [0.2, 0.25) is 11.8 Å². The van der Waals surface area contributed by atoms with E-state index in [-0.39, 0.29) is 11.8 Å². The second-order valence-electron chi connectivity index (χ2n) is 7.43. The van der Waals surface area contributed by atoms with Gasteiger partial charge in [-0.25, -0.2) is 0 Å². The van der Waals surface area contributed by atoms with Gasteiger partial charge in [0.05, 0.1) is 39.3 Å². The van der Waals surface area contributed by atoms with Crippen LogP contribution in [0.2, 0.25) is 0 Å². The van der Waals surface area contributed by atoms with Crippen LogP contribution in [0, 0.1) is 6.92 Å². The third-order valence-electron chi connectivity index (χ3n) is 4.79. The van der Waals surface area contributed by atoms with Gasteiger partial charge in [-0.3, -0.25) is 9.59 Å². The topological polar surface area (TPSA) is 76.7 Å². The maximum absolute atomic E-state index is 11.9. The zero-order valence-electron chi connectivity index (χ0n) is 18.6. The highest BCUT2D eigenvalue weighted by Gasteiger charge is 2.04. The van der Waals surface area contributed by atoms with Crippen LogP contribution in [0.3, 0.4) is 0 Å². The van der Waals surface area contributed by atoms with Crippen molar-refractivity contribution in [3.8, 4) is 0 Å². The van der Waals surface area contributed by atoms with Crippen molar-refractivity contribution in [2.75, 3.05) is 39.5 Å². The normalized spacial score (nSPS) is 10.6. The SMILES string of the molecule is CCc1ccc(CC(=O)NCCOCCOCCNC(=O)Cc2ccc(C)cc2)cc1. The summed E-state index contributed by atoms with van der Waals surface area (Å²) in [6.07, 6.45) is 1.75. The van der Waals surface area contributed by atoms with Gasteiger partial charge < -0.3 is 20.1 Å². The number of nitrogens with one attached hydrogen (secondary N) is 2. The molecule has 0 saturated heterocycles. The molecule has 0 aliphatic rings. The fourth-order valence-corrected chi connectivity index (χ4v) is 2.94. The van der Waals surface area contributed by atoms with E-state index in [1.54, 1.807) is 0 Å². The number of aryl methyl sites for hydroxylation is 2. The molecule has 2 aromatic rings. The van der Waals surface area contributed by atoms with Gasteiger partial charge in [-0.1, -0.05) is 61.0 Å². The number of carbonyl (C=O) groups is 2. The molecular formula is C25H34N2O4. The highest BCUT2D eigenvalue weighted by atomic mass is 16.5. The van der Waals surface area contributed by atoms with E-state index in [1.807, 2.05) is 43.3 Å². The summed E-state index contributed by atoms with van der Waals surface area (Å²) in [5.41, 5.74) is 4.46. The molecule has 2 N–H and O–H groups in total. The van der Waals surface area contributed by atoms with Crippen LogP contribution in [-0.4, -0.2) is 51.3 Å². The van der Waals surface area contributed by atoms with E-state index in [0.717, 1.165) is 17.5 Å². The molecule has 0 aliphatic heterocycles. The average molecular weight is 427 g/mol. The third-order valence-corrected chi connectivity index (χ3v) is 4.79. The quantitative estimate of drug-likeness (QED) is 0.455. The molecule has 0 fully saturated rings. The zero-order chi connectivity index (χ0) is 22.3. The summed E-state index contributed by atoms with van der Waals surface area (Å²) in [5.74, 6) is -0.0220. The maximum atomic E-state index is 11.9. The summed E-state index contributed by atoms with van der Waals surface area (Å²) in [6, 6.07) is 16.0. The molecule has 6 nitrogen and oxygen atoms in total. The smallest absolute Gasteiger partial charge is 0.224 e. The monoisotopic (exact) mass is 426 g/mol. The van der Waals surface area contributed by atoms with Gasteiger partial charge in [0, 0.05) is 13.1 Å². The molecule has 31 heavy (non-hydrogen) atoms. The van der Waals surface area contributed by atoms with Gasteiger partial charge in [0.1, 0.15) is 0 Å². The number of carbonyl (C=O) groups excluding carboxylic acids is 2. The molecule has 0 radical (unpaired) electrons. The van der Waals surface area contributed by atoms with Crippen molar-refractivity contribution >= 4 is 11.8 Å². The second-order valence-corrected chi connectivity index (χ2v) is 7.43. The molecule has 0 bridgehead atoms. The van der Waals surface area contributed by atoms with Gasteiger partial charge in [-0.15, -0.1) is 0 Å². The van der Waals surface area contributed by atoms with Crippen LogP contribution < -0.4 is 10.6 Å². The predicted octanol–water partition coefficient (Wildman–Crippen LogP) is 2.61. The van der Waals surface area contributed by atoms with Crippen LogP contribution >= 0.6 is 0 Å². The van der Waals surface area contributed by atoms with Crippen molar-refractivity contribution in [1.82, 2.24) is 10.6 Å². The van der Waals surface area contributed by atoms with E-state index in [4.69, 9.17) is 9.47 Å². The molecule has 0 spiro atoms. The summed E-state index contributed by atoms with van der Waals surface area (Å²) in [4.78, 5) is 23.8. The predicted molar refractivity (Wildman–Crippen MR) is 122 cm³/mol. The summed E-state index contributed by atoms with van der Waals surface area (Å²) < 4.78 is 10.9. The minimum absolute atomic E-state index is 0.00882. The largest absolute Gasteiger partial charge is 0.377 e. The standard InChI is InChI=1S/C25H34N2O4/c1-3-21-8-10-23(11-9-21)19-25(29)27-13-15-31-17-16-30-14-12-26-24(28)18-22-6-4-20(2)5-7-22/h4-11H,3,12-19H2,1-2H3,(H,26,28)(H,27,29). The van der Waals surface area contributed by atoms with Gasteiger partial charge in [-0.05, 0) is 30.0 Å². The van der Waals surface area contributed by atoms with Crippen molar-refractivity contribution in [3.63, 3.8) is 0 Å². The summed E-state index contributed by atoms with van der Waals surface area (Å²) in [5, 5.41) is 5.70. The third kappa shape index (κ3) is 10.8. The van der Waals surface area contributed by atoms with Crippen LogP contribution in [0.4, 0.5) is 0 Å². The first-order chi connectivity index (χ1) is 15.1. The van der Waals surface area contributed by atoms with E-state index < -0.39 is 0 Å². The number of ether oxygens (including phenoxy) is 2. The zero-order valence-corrected chi connectivity index (χ0v) is 18.6. The molecule has 6 heteroatoms. The van der Waals surface area contributed by atoms with E-state index >= 15 is 0 Å². The lowest BCUT2D eigenvalue weighted by Gasteiger charge is -2.08. The number of rotatable bonds is 14. The fourth-order valence-electron chi connectivity index (χ4n) is 2.94. The molecular weight excluding hydrogens is 392 g/mol. The minimum Gasteiger partial charge on any atom is -0.377 e. The molecule has 0 saturated carbocycles. The molecule has 2 amide bonds. The lowest BCUT2D eigenvalue weighted by atomic mass is 10.1. The Bertz CT molecular complexity index is 788. The lowest BCUT2D eigenvalue weighted by molar-refractivity contribution is -0.121. The Kier molecular flexibility index (Phi) is 11.4. The van der Waals surface area contributed by atoms with Gasteiger partial charge in [-0.2, -0.15) is 0 Å². The number of benzene rings is 2. The van der Waals surface area contributed by atoms with E-state index in [0.29, 0.717) is 52.4 Å². The molecule has 0 atom stereocenters. The van der Waals surface area contributed by atoms with E-state index in [9.17, 15) is 9.59 Å². The van der Waals surface area contributed by atoms with Crippen molar-refractivity contribution in [3.05, 3.63) is 70.8 Å². The summed E-state index contributed by atoms with van der Waals surface area (Å²) in [6.45, 7) is 6.86. The molecule has 0 aromatic heterocycles. The molecule has 0 aliphatic carbocycles. The summed E-state index contributed by atoms with van der Waals surface area (Å²) in [7, 11) is 0. The van der Waals surface area contributed by atoms with Crippen molar-refractivity contribution in [2.24, 2.45) is 0 Å². The fraction of sp³-hybridized carbons (Fsp3) is 0.440. The van der Waals surface area contributed by atoms with Crippen molar-refractivity contribution in [1.29, 1.82) is 0 Å². The Morgan fingerprint density at radius 2 is 1.10 bits per heavy atom. The molecule has 0 heterocycles. The number of amides is 2. The Morgan fingerprint density at radius 3 is 1.55 bits per heavy atom. The first-order valence-electron chi connectivity index (χ1n) is 10.9. The van der Waals surface area contributed by atoms with Gasteiger partial charge >= 0.3 is 0 Å². The highest BCUT2D eigenvalue weighted by molar-refractivity contribution is 5.78. The molecule has 0 unspecified atom stereocenters. The number of hydrogen-bond acceptors (Lipinski definition) is 4. The molecule has 2 aromatic carbocycles. The van der Waals surface area contributed by atoms with Crippen molar-refractivity contribution in [2.45, 2.75) is 33.1 Å². The maximum Gasteiger partial charge on any atom is 0.224 e. The lowest BCUT2D eigenvalue weighted by Crippen LogP contribution is -2.29. The van der Waals surface area contributed by atoms with Crippen LogP contribution in [-0.2, 0) is 38.3 Å². The minimum atomic E-state index is -0.0132. The van der Waals surface area contributed by atoms with Gasteiger partial charge in [0.15, 0.2) is 0 Å². The summed E-state index contributed by atoms with van der Waals surface area (Å²) >= 11 is 0. The van der Waals surface area contributed by atoms with Crippen LogP contribution in [0.15, 0.2) is 48.5 Å².